The smallest absolute Gasteiger partial charge is 0.334 e. The number of ketones is 1. The summed E-state index contributed by atoms with van der Waals surface area (Å²) < 4.78 is 5.68. The summed E-state index contributed by atoms with van der Waals surface area (Å²) in [5, 5.41) is 11.6. The summed E-state index contributed by atoms with van der Waals surface area (Å²) >= 11 is 0. The zero-order valence-electron chi connectivity index (χ0n) is 15.7. The van der Waals surface area contributed by atoms with E-state index < -0.39 is 17.7 Å². The lowest BCUT2D eigenvalue weighted by Crippen LogP contribution is -2.62. The van der Waals surface area contributed by atoms with Crippen molar-refractivity contribution in [2.75, 3.05) is 0 Å². The fourth-order valence-electron chi connectivity index (χ4n) is 4.21. The van der Waals surface area contributed by atoms with Gasteiger partial charge < -0.3 is 9.84 Å². The topological polar surface area (TPSA) is 63.6 Å². The van der Waals surface area contributed by atoms with E-state index in [-0.39, 0.29) is 23.0 Å². The van der Waals surface area contributed by atoms with Crippen molar-refractivity contribution in [1.29, 1.82) is 0 Å². The van der Waals surface area contributed by atoms with Gasteiger partial charge in [-0.15, -0.1) is 0 Å². The summed E-state index contributed by atoms with van der Waals surface area (Å²) in [7, 11) is 0. The van der Waals surface area contributed by atoms with E-state index in [1.54, 1.807) is 19.9 Å². The largest absolute Gasteiger partial charge is 0.452 e. The number of carbonyl (C=O) groups is 2. The standard InChI is InChI=1S/C20H30O4/c1-7-13(4)18(22)24-17-10-14(5)19(6)9-8-15(21)11-16(19)20(17,23)12(2)3/h7,10,12,16-17,23H,8-9,11H2,1-6H3. The SMILES string of the molecule is CC=C(C)C(=O)OC1C=C(C)C2(C)CCC(=O)CC2C1(O)C(C)C. The third-order valence-electron chi connectivity index (χ3n) is 6.35. The Morgan fingerprint density at radius 2 is 2.08 bits per heavy atom. The van der Waals surface area contributed by atoms with E-state index in [2.05, 4.69) is 6.92 Å². The molecule has 4 unspecified atom stereocenters. The number of carbonyl (C=O) groups excluding carboxylic acids is 2. The first-order valence-corrected chi connectivity index (χ1v) is 8.84. The second kappa shape index (κ2) is 6.47. The lowest BCUT2D eigenvalue weighted by Gasteiger charge is -2.56. The molecule has 24 heavy (non-hydrogen) atoms. The van der Waals surface area contributed by atoms with Crippen LogP contribution in [0.1, 0.15) is 60.8 Å². The van der Waals surface area contributed by atoms with Gasteiger partial charge in [0.25, 0.3) is 0 Å². The molecule has 1 saturated carbocycles. The average Bonchev–Trinajstić information content (AvgIpc) is 2.53. The summed E-state index contributed by atoms with van der Waals surface area (Å²) in [5.74, 6) is -0.613. The molecule has 0 radical (unpaired) electrons. The first-order chi connectivity index (χ1) is 11.1. The number of ether oxygens (including phenoxy) is 1. The molecular weight excluding hydrogens is 304 g/mol. The van der Waals surface area contributed by atoms with Crippen molar-refractivity contribution in [1.82, 2.24) is 0 Å². The fraction of sp³-hybridized carbons (Fsp3) is 0.700. The van der Waals surface area contributed by atoms with E-state index in [0.717, 1.165) is 12.0 Å². The molecule has 2 aliphatic carbocycles. The lowest BCUT2D eigenvalue weighted by atomic mass is 9.51. The van der Waals surface area contributed by atoms with Gasteiger partial charge in [0.05, 0.1) is 0 Å². The molecule has 4 atom stereocenters. The maximum absolute atomic E-state index is 12.3. The number of aliphatic hydroxyl groups is 1. The highest BCUT2D eigenvalue weighted by Gasteiger charge is 2.59. The summed E-state index contributed by atoms with van der Waals surface area (Å²) in [4.78, 5) is 24.4. The van der Waals surface area contributed by atoms with Crippen LogP contribution in [-0.2, 0) is 14.3 Å². The first kappa shape index (κ1) is 18.9. The maximum Gasteiger partial charge on any atom is 0.334 e. The van der Waals surface area contributed by atoms with Crippen molar-refractivity contribution < 1.29 is 19.4 Å². The molecule has 0 aromatic rings. The number of Topliss-reactive ketones (excluding diaryl/α,β-unsaturated/α-hetero) is 1. The molecule has 0 saturated heterocycles. The molecule has 134 valence electrons. The van der Waals surface area contributed by atoms with Crippen LogP contribution >= 0.6 is 0 Å². The Morgan fingerprint density at radius 1 is 1.46 bits per heavy atom. The lowest BCUT2D eigenvalue weighted by molar-refractivity contribution is -0.192. The van der Waals surface area contributed by atoms with E-state index in [4.69, 9.17) is 4.74 Å². The highest BCUT2D eigenvalue weighted by atomic mass is 16.6. The Labute approximate surface area is 145 Å². The van der Waals surface area contributed by atoms with Gasteiger partial charge in [0.2, 0.25) is 0 Å². The molecule has 0 aromatic heterocycles. The monoisotopic (exact) mass is 334 g/mol. The molecule has 0 spiro atoms. The van der Waals surface area contributed by atoms with Crippen molar-refractivity contribution in [3.63, 3.8) is 0 Å². The van der Waals surface area contributed by atoms with E-state index >= 15 is 0 Å². The minimum absolute atomic E-state index is 0.138. The van der Waals surface area contributed by atoms with E-state index in [1.165, 1.54) is 0 Å². The number of allylic oxidation sites excluding steroid dienone is 2. The van der Waals surface area contributed by atoms with E-state index in [9.17, 15) is 14.7 Å². The quantitative estimate of drug-likeness (QED) is 0.487. The molecule has 4 nitrogen and oxygen atoms in total. The van der Waals surface area contributed by atoms with Gasteiger partial charge in [0, 0.05) is 24.3 Å². The minimum atomic E-state index is -1.24. The van der Waals surface area contributed by atoms with E-state index in [0.29, 0.717) is 18.4 Å². The summed E-state index contributed by atoms with van der Waals surface area (Å²) in [6.07, 6.45) is 4.49. The Morgan fingerprint density at radius 3 is 2.62 bits per heavy atom. The third kappa shape index (κ3) is 2.85. The normalized spacial score (nSPS) is 37.1. The van der Waals surface area contributed by atoms with Crippen LogP contribution in [0.3, 0.4) is 0 Å². The van der Waals surface area contributed by atoms with Crippen LogP contribution in [0.25, 0.3) is 0 Å². The van der Waals surface area contributed by atoms with Gasteiger partial charge in [-0.2, -0.15) is 0 Å². The van der Waals surface area contributed by atoms with Gasteiger partial charge in [0.15, 0.2) is 0 Å². The molecule has 0 aromatic carbocycles. The van der Waals surface area contributed by atoms with Gasteiger partial charge in [-0.1, -0.05) is 32.4 Å². The van der Waals surface area contributed by atoms with Gasteiger partial charge in [-0.3, -0.25) is 4.79 Å². The maximum atomic E-state index is 12.3. The van der Waals surface area contributed by atoms with Gasteiger partial charge in [0.1, 0.15) is 17.5 Å². The molecule has 4 heteroatoms. The predicted octanol–water partition coefficient (Wildman–Crippen LogP) is 3.59. The second-order valence-electron chi connectivity index (χ2n) is 7.90. The molecule has 0 aliphatic heterocycles. The Balaban J connectivity index is 2.50. The van der Waals surface area contributed by atoms with E-state index in [1.807, 2.05) is 26.8 Å². The van der Waals surface area contributed by atoms with Crippen LogP contribution in [0.5, 0.6) is 0 Å². The number of fused-ring (bicyclic) bond motifs is 1. The molecule has 0 heterocycles. The van der Waals surface area contributed by atoms with Gasteiger partial charge in [-0.25, -0.2) is 4.79 Å². The molecule has 1 N–H and O–H groups in total. The summed E-state index contributed by atoms with van der Waals surface area (Å²) in [6.45, 7) is 11.5. The average molecular weight is 334 g/mol. The summed E-state index contributed by atoms with van der Waals surface area (Å²) in [6, 6.07) is 0. The second-order valence-corrected chi connectivity index (χ2v) is 7.90. The first-order valence-electron chi connectivity index (χ1n) is 8.84. The third-order valence-corrected chi connectivity index (χ3v) is 6.35. The van der Waals surface area contributed by atoms with Crippen LogP contribution in [-0.4, -0.2) is 28.6 Å². The van der Waals surface area contributed by atoms with Crippen molar-refractivity contribution >= 4 is 11.8 Å². The Kier molecular flexibility index (Phi) is 5.10. The zero-order valence-corrected chi connectivity index (χ0v) is 15.7. The number of hydrogen-bond donors (Lipinski definition) is 1. The van der Waals surface area contributed by atoms with Gasteiger partial charge in [-0.05, 0) is 44.6 Å². The van der Waals surface area contributed by atoms with Crippen LogP contribution in [0.4, 0.5) is 0 Å². The number of rotatable bonds is 3. The van der Waals surface area contributed by atoms with Crippen LogP contribution in [0.2, 0.25) is 0 Å². The minimum Gasteiger partial charge on any atom is -0.452 e. The van der Waals surface area contributed by atoms with Crippen molar-refractivity contribution in [3.8, 4) is 0 Å². The highest BCUT2D eigenvalue weighted by molar-refractivity contribution is 5.88. The molecule has 0 amide bonds. The van der Waals surface area contributed by atoms with Crippen molar-refractivity contribution in [2.24, 2.45) is 17.3 Å². The number of hydrogen-bond acceptors (Lipinski definition) is 4. The predicted molar refractivity (Wildman–Crippen MR) is 93.3 cm³/mol. The fourth-order valence-corrected chi connectivity index (χ4v) is 4.21. The Bertz CT molecular complexity index is 601. The molecular formula is C20H30O4. The molecule has 2 rings (SSSR count). The highest BCUT2D eigenvalue weighted by Crippen LogP contribution is 2.56. The zero-order chi connectivity index (χ0) is 18.3. The molecule has 1 fully saturated rings. The van der Waals surface area contributed by atoms with Crippen LogP contribution in [0, 0.1) is 17.3 Å². The molecule has 0 bridgehead atoms. The number of esters is 1. The molecule has 2 aliphatic rings. The summed E-state index contributed by atoms with van der Waals surface area (Å²) in [5.41, 5.74) is 0.140. The van der Waals surface area contributed by atoms with Crippen molar-refractivity contribution in [2.45, 2.75) is 72.5 Å². The Hall–Kier alpha value is -1.42. The van der Waals surface area contributed by atoms with Crippen LogP contribution < -0.4 is 0 Å². The van der Waals surface area contributed by atoms with Gasteiger partial charge >= 0.3 is 5.97 Å². The van der Waals surface area contributed by atoms with Crippen molar-refractivity contribution in [3.05, 3.63) is 23.3 Å². The van der Waals surface area contributed by atoms with Crippen LogP contribution in [0.15, 0.2) is 23.3 Å².